The number of rotatable bonds is 3. The lowest BCUT2D eigenvalue weighted by molar-refractivity contribution is 0.0173. The van der Waals surface area contributed by atoms with E-state index in [4.69, 9.17) is 10.5 Å². The van der Waals surface area contributed by atoms with Gasteiger partial charge in [0.25, 0.3) is 0 Å². The molecule has 7 heteroatoms. The summed E-state index contributed by atoms with van der Waals surface area (Å²) in [4.78, 5) is 0.0574. The van der Waals surface area contributed by atoms with E-state index < -0.39 is 10.0 Å². The Hall–Kier alpha value is -1.31. The van der Waals surface area contributed by atoms with Gasteiger partial charge in [-0.2, -0.15) is 0 Å². The minimum atomic E-state index is -3.62. The third-order valence-electron chi connectivity index (χ3n) is 3.12. The van der Waals surface area contributed by atoms with Crippen molar-refractivity contribution < 1.29 is 18.3 Å². The smallest absolute Gasteiger partial charge is 0.240 e. The second kappa shape index (κ2) is 5.36. The van der Waals surface area contributed by atoms with Gasteiger partial charge in [-0.05, 0) is 38.0 Å². The summed E-state index contributed by atoms with van der Waals surface area (Å²) in [6, 6.07) is 3.72. The molecule has 1 aromatic carbocycles. The first-order valence-electron chi connectivity index (χ1n) is 6.11. The van der Waals surface area contributed by atoms with Gasteiger partial charge in [-0.1, -0.05) is 0 Å². The molecule has 1 heterocycles. The maximum absolute atomic E-state index is 12.2. The van der Waals surface area contributed by atoms with Crippen LogP contribution in [-0.4, -0.2) is 32.3 Å². The Morgan fingerprint density at radius 2 is 2.21 bits per heavy atom. The van der Waals surface area contributed by atoms with Crippen molar-refractivity contribution in [3.8, 4) is 5.75 Å². The maximum Gasteiger partial charge on any atom is 0.240 e. The van der Waals surface area contributed by atoms with E-state index in [-0.39, 0.29) is 28.5 Å². The number of phenolic OH excluding ortho intramolecular Hbond substituents is 1. The average molecular weight is 286 g/mol. The van der Waals surface area contributed by atoms with Crippen molar-refractivity contribution in [2.45, 2.75) is 36.8 Å². The third-order valence-corrected chi connectivity index (χ3v) is 4.63. The van der Waals surface area contributed by atoms with E-state index in [0.717, 1.165) is 0 Å². The summed E-state index contributed by atoms with van der Waals surface area (Å²) in [5.74, 6) is -0.126. The molecule has 106 valence electrons. The topological polar surface area (TPSA) is 102 Å². The van der Waals surface area contributed by atoms with E-state index in [0.29, 0.717) is 19.4 Å². The number of aromatic hydroxyl groups is 1. The highest BCUT2D eigenvalue weighted by Gasteiger charge is 2.25. The van der Waals surface area contributed by atoms with Gasteiger partial charge in [0.05, 0.1) is 16.7 Å². The van der Waals surface area contributed by atoms with Gasteiger partial charge in [0.2, 0.25) is 10.0 Å². The van der Waals surface area contributed by atoms with Gasteiger partial charge in [-0.25, -0.2) is 13.1 Å². The molecular formula is C12H18N2O4S. The zero-order valence-electron chi connectivity index (χ0n) is 10.7. The number of sulfonamides is 1. The largest absolute Gasteiger partial charge is 0.506 e. The first kappa shape index (κ1) is 14.1. The quantitative estimate of drug-likeness (QED) is 0.564. The fourth-order valence-electron chi connectivity index (χ4n) is 2.09. The van der Waals surface area contributed by atoms with Gasteiger partial charge in [0, 0.05) is 12.6 Å². The van der Waals surface area contributed by atoms with Crippen molar-refractivity contribution in [1.82, 2.24) is 4.72 Å². The van der Waals surface area contributed by atoms with E-state index in [1.165, 1.54) is 18.2 Å². The Morgan fingerprint density at radius 3 is 2.84 bits per heavy atom. The number of phenols is 1. The first-order chi connectivity index (χ1) is 8.88. The number of hydrogen-bond acceptors (Lipinski definition) is 5. The Morgan fingerprint density at radius 1 is 1.47 bits per heavy atom. The minimum absolute atomic E-state index is 0.0446. The summed E-state index contributed by atoms with van der Waals surface area (Å²) in [5.41, 5.74) is 5.55. The van der Waals surface area contributed by atoms with E-state index in [1.54, 1.807) is 0 Å². The molecule has 6 nitrogen and oxygen atoms in total. The molecule has 0 saturated carbocycles. The molecule has 2 unspecified atom stereocenters. The SMILES string of the molecule is CC1CC(NS(=O)(=O)c2ccc(O)c(N)c2)CCO1. The van der Waals surface area contributed by atoms with Crippen molar-refractivity contribution in [2.75, 3.05) is 12.3 Å². The predicted octanol–water partition coefficient (Wildman–Crippen LogP) is 0.820. The van der Waals surface area contributed by atoms with Crippen LogP contribution in [-0.2, 0) is 14.8 Å². The highest BCUT2D eigenvalue weighted by molar-refractivity contribution is 7.89. The number of ether oxygens (including phenoxy) is 1. The average Bonchev–Trinajstić information content (AvgIpc) is 2.32. The molecule has 2 rings (SSSR count). The Bertz CT molecular complexity index is 559. The number of nitrogens with two attached hydrogens (primary N) is 1. The van der Waals surface area contributed by atoms with E-state index >= 15 is 0 Å². The van der Waals surface area contributed by atoms with Gasteiger partial charge >= 0.3 is 0 Å². The molecule has 19 heavy (non-hydrogen) atoms. The van der Waals surface area contributed by atoms with E-state index in [2.05, 4.69) is 4.72 Å². The molecule has 2 atom stereocenters. The van der Waals surface area contributed by atoms with Crippen LogP contribution >= 0.6 is 0 Å². The zero-order chi connectivity index (χ0) is 14.0. The Balaban J connectivity index is 2.15. The van der Waals surface area contributed by atoms with Crippen molar-refractivity contribution >= 4 is 15.7 Å². The number of nitrogens with one attached hydrogen (secondary N) is 1. The number of anilines is 1. The van der Waals surface area contributed by atoms with Crippen LogP contribution in [0.5, 0.6) is 5.75 Å². The second-order valence-electron chi connectivity index (χ2n) is 4.74. The van der Waals surface area contributed by atoms with Crippen LogP contribution < -0.4 is 10.5 Å². The van der Waals surface area contributed by atoms with Gasteiger partial charge in [-0.15, -0.1) is 0 Å². The molecule has 0 aromatic heterocycles. The van der Waals surface area contributed by atoms with Gasteiger partial charge < -0.3 is 15.6 Å². The molecule has 1 aromatic rings. The molecule has 1 fully saturated rings. The number of nitrogen functional groups attached to an aromatic ring is 1. The molecule has 0 radical (unpaired) electrons. The summed E-state index contributed by atoms with van der Waals surface area (Å²) in [7, 11) is -3.62. The van der Waals surface area contributed by atoms with Crippen LogP contribution in [0.1, 0.15) is 19.8 Å². The maximum atomic E-state index is 12.2. The highest BCUT2D eigenvalue weighted by atomic mass is 32.2. The van der Waals surface area contributed by atoms with Crippen LogP contribution in [0.2, 0.25) is 0 Å². The lowest BCUT2D eigenvalue weighted by atomic mass is 10.1. The van der Waals surface area contributed by atoms with Gasteiger partial charge in [0.1, 0.15) is 5.75 Å². The molecule has 4 N–H and O–H groups in total. The monoisotopic (exact) mass is 286 g/mol. The van der Waals surface area contributed by atoms with Crippen LogP contribution in [0, 0.1) is 0 Å². The van der Waals surface area contributed by atoms with Crippen LogP contribution in [0.3, 0.4) is 0 Å². The molecule has 0 amide bonds. The molecular weight excluding hydrogens is 268 g/mol. The molecule has 1 saturated heterocycles. The highest BCUT2D eigenvalue weighted by Crippen LogP contribution is 2.24. The second-order valence-corrected chi connectivity index (χ2v) is 6.46. The minimum Gasteiger partial charge on any atom is -0.506 e. The molecule has 1 aliphatic rings. The standard InChI is InChI=1S/C12H18N2O4S/c1-8-6-9(4-5-18-8)14-19(16,17)10-2-3-12(15)11(13)7-10/h2-3,7-9,14-15H,4-6,13H2,1H3. The van der Waals surface area contributed by atoms with Crippen LogP contribution in [0.25, 0.3) is 0 Å². The van der Waals surface area contributed by atoms with Crippen LogP contribution in [0.4, 0.5) is 5.69 Å². The third kappa shape index (κ3) is 3.37. The molecule has 0 bridgehead atoms. The summed E-state index contributed by atoms with van der Waals surface area (Å²) in [6.07, 6.45) is 1.34. The van der Waals surface area contributed by atoms with E-state index in [1.807, 2.05) is 6.92 Å². The molecule has 0 aliphatic carbocycles. The molecule has 1 aliphatic heterocycles. The number of hydrogen-bond donors (Lipinski definition) is 3. The fraction of sp³-hybridized carbons (Fsp3) is 0.500. The Labute approximate surface area is 112 Å². The van der Waals surface area contributed by atoms with Crippen molar-refractivity contribution in [3.05, 3.63) is 18.2 Å². The summed E-state index contributed by atoms with van der Waals surface area (Å²) in [5, 5.41) is 9.31. The van der Waals surface area contributed by atoms with Crippen molar-refractivity contribution in [3.63, 3.8) is 0 Å². The lowest BCUT2D eigenvalue weighted by Crippen LogP contribution is -2.41. The van der Waals surface area contributed by atoms with Crippen molar-refractivity contribution in [2.24, 2.45) is 0 Å². The fourth-order valence-corrected chi connectivity index (χ4v) is 3.41. The Kier molecular flexibility index (Phi) is 3.98. The van der Waals surface area contributed by atoms with E-state index in [9.17, 15) is 13.5 Å². The lowest BCUT2D eigenvalue weighted by Gasteiger charge is -2.27. The predicted molar refractivity (Wildman–Crippen MR) is 71.3 cm³/mol. The molecule has 0 spiro atoms. The summed E-state index contributed by atoms with van der Waals surface area (Å²) < 4.78 is 32.4. The number of benzene rings is 1. The zero-order valence-corrected chi connectivity index (χ0v) is 11.5. The normalized spacial score (nSPS) is 24.3. The van der Waals surface area contributed by atoms with Crippen LogP contribution in [0.15, 0.2) is 23.1 Å². The summed E-state index contributed by atoms with van der Waals surface area (Å²) in [6.45, 7) is 2.46. The van der Waals surface area contributed by atoms with Gasteiger partial charge in [-0.3, -0.25) is 0 Å². The van der Waals surface area contributed by atoms with Crippen molar-refractivity contribution in [1.29, 1.82) is 0 Å². The first-order valence-corrected chi connectivity index (χ1v) is 7.59. The summed E-state index contributed by atoms with van der Waals surface area (Å²) >= 11 is 0. The van der Waals surface area contributed by atoms with Gasteiger partial charge in [0.15, 0.2) is 0 Å².